The molecule has 1 heterocycles. The molecule has 1 atom stereocenters. The van der Waals surface area contributed by atoms with Crippen molar-refractivity contribution in [3.63, 3.8) is 0 Å². The molecule has 1 N–H and O–H groups in total. The van der Waals surface area contributed by atoms with Gasteiger partial charge in [0.2, 0.25) is 5.91 Å². The number of carbonyl (C=O) groups is 4. The largest absolute Gasteiger partial charge is 0.449 e. The highest BCUT2D eigenvalue weighted by Crippen LogP contribution is 2.17. The fraction of sp³-hybridized carbons (Fsp3) is 0.333. The summed E-state index contributed by atoms with van der Waals surface area (Å²) < 4.78 is 5.05. The summed E-state index contributed by atoms with van der Waals surface area (Å²) in [5.41, 5.74) is 0.847. The maximum atomic E-state index is 12.0. The van der Waals surface area contributed by atoms with E-state index in [4.69, 9.17) is 4.74 Å². The van der Waals surface area contributed by atoms with Crippen molar-refractivity contribution in [2.75, 3.05) is 25.1 Å². The molecule has 1 aromatic carbocycles. The van der Waals surface area contributed by atoms with Crippen molar-refractivity contribution in [3.8, 4) is 0 Å². The van der Waals surface area contributed by atoms with Crippen molar-refractivity contribution >= 4 is 52.6 Å². The predicted octanol–water partition coefficient (Wildman–Crippen LogP) is 2.17. The maximum absolute atomic E-state index is 12.0. The number of amides is 3. The second kappa shape index (κ2) is 10.2. The van der Waals surface area contributed by atoms with Crippen LogP contribution < -0.4 is 5.32 Å². The first-order valence-electron chi connectivity index (χ1n) is 8.18. The molecule has 1 aliphatic heterocycles. The zero-order valence-electron chi connectivity index (χ0n) is 15.0. The molecular formula is C18H20N2O5S2. The van der Waals surface area contributed by atoms with E-state index in [9.17, 15) is 19.2 Å². The van der Waals surface area contributed by atoms with E-state index >= 15 is 0 Å². The number of ether oxygens (including phenoxy) is 1. The lowest BCUT2D eigenvalue weighted by Gasteiger charge is -2.15. The first-order valence-corrected chi connectivity index (χ1v) is 10.4. The summed E-state index contributed by atoms with van der Waals surface area (Å²) in [7, 11) is 0. The lowest BCUT2D eigenvalue weighted by Crippen LogP contribution is -2.41. The van der Waals surface area contributed by atoms with E-state index in [0.29, 0.717) is 0 Å². The second-order valence-corrected chi connectivity index (χ2v) is 7.38. The number of hydrogen-bond donors (Lipinski definition) is 1. The highest BCUT2D eigenvalue weighted by Gasteiger charge is 2.29. The van der Waals surface area contributed by atoms with E-state index in [1.165, 1.54) is 13.0 Å². The van der Waals surface area contributed by atoms with Gasteiger partial charge in [0.25, 0.3) is 11.1 Å². The van der Waals surface area contributed by atoms with Crippen LogP contribution in [0.1, 0.15) is 12.5 Å². The van der Waals surface area contributed by atoms with Gasteiger partial charge in [-0.3, -0.25) is 19.3 Å². The summed E-state index contributed by atoms with van der Waals surface area (Å²) in [5.74, 6) is -1.26. The molecule has 0 bridgehead atoms. The van der Waals surface area contributed by atoms with Crippen LogP contribution in [0.25, 0.3) is 6.08 Å². The Kier molecular flexibility index (Phi) is 7.93. The van der Waals surface area contributed by atoms with Gasteiger partial charge < -0.3 is 10.1 Å². The molecule has 1 aliphatic rings. The number of imide groups is 1. The number of benzene rings is 1. The van der Waals surface area contributed by atoms with E-state index in [1.54, 1.807) is 17.8 Å². The Morgan fingerprint density at radius 2 is 2.04 bits per heavy atom. The van der Waals surface area contributed by atoms with Crippen LogP contribution in [0.15, 0.2) is 35.2 Å². The van der Waals surface area contributed by atoms with Gasteiger partial charge in [-0.2, -0.15) is 0 Å². The van der Waals surface area contributed by atoms with Gasteiger partial charge in [-0.15, -0.1) is 11.8 Å². The third kappa shape index (κ3) is 6.44. The molecule has 2 rings (SSSR count). The Hall–Kier alpha value is -2.26. The maximum Gasteiger partial charge on any atom is 0.331 e. The summed E-state index contributed by atoms with van der Waals surface area (Å²) in [6.45, 7) is 1.66. The van der Waals surface area contributed by atoms with Gasteiger partial charge in [-0.25, -0.2) is 4.79 Å². The third-order valence-corrected chi connectivity index (χ3v) is 5.27. The SMILES string of the molecule is CSc1ccc(/C=C/C(=O)O[C@@H](C)C(=O)NCCN2C(=O)CSC2=O)cc1. The molecule has 1 fully saturated rings. The summed E-state index contributed by atoms with van der Waals surface area (Å²) in [5, 5.41) is 2.23. The van der Waals surface area contributed by atoms with Crippen LogP contribution in [0.4, 0.5) is 4.79 Å². The molecule has 144 valence electrons. The Morgan fingerprint density at radius 1 is 1.33 bits per heavy atom. The fourth-order valence-electron chi connectivity index (χ4n) is 2.18. The van der Waals surface area contributed by atoms with Crippen molar-refractivity contribution in [2.24, 2.45) is 0 Å². The number of carbonyl (C=O) groups excluding carboxylic acids is 4. The Labute approximate surface area is 165 Å². The summed E-state index contributed by atoms with van der Waals surface area (Å²) in [6, 6.07) is 7.65. The van der Waals surface area contributed by atoms with Crippen LogP contribution in [0.3, 0.4) is 0 Å². The quantitative estimate of drug-likeness (QED) is 0.400. The van der Waals surface area contributed by atoms with Crippen molar-refractivity contribution in [3.05, 3.63) is 35.9 Å². The summed E-state index contributed by atoms with van der Waals surface area (Å²) in [6.07, 6.45) is 3.87. The highest BCUT2D eigenvalue weighted by molar-refractivity contribution is 8.14. The lowest BCUT2D eigenvalue weighted by molar-refractivity contribution is -0.150. The molecule has 3 amide bonds. The standard InChI is InChI=1S/C18H20N2O5S2/c1-12(17(23)19-9-10-20-15(21)11-27-18(20)24)25-16(22)8-5-13-3-6-14(26-2)7-4-13/h3-8,12H,9-11H2,1-2H3,(H,19,23)/b8-5+/t12-/m0/s1. The van der Waals surface area contributed by atoms with E-state index in [2.05, 4.69) is 5.32 Å². The van der Waals surface area contributed by atoms with Gasteiger partial charge in [-0.1, -0.05) is 23.9 Å². The van der Waals surface area contributed by atoms with Gasteiger partial charge in [-0.05, 0) is 37.0 Å². The van der Waals surface area contributed by atoms with Crippen molar-refractivity contribution in [1.29, 1.82) is 0 Å². The molecule has 0 saturated carbocycles. The highest BCUT2D eigenvalue weighted by atomic mass is 32.2. The van der Waals surface area contributed by atoms with Crippen LogP contribution in [0, 0.1) is 0 Å². The average Bonchev–Trinajstić information content (AvgIpc) is 2.98. The molecular weight excluding hydrogens is 388 g/mol. The predicted molar refractivity (Wildman–Crippen MR) is 105 cm³/mol. The van der Waals surface area contributed by atoms with Crippen LogP contribution in [0.2, 0.25) is 0 Å². The van der Waals surface area contributed by atoms with Crippen LogP contribution >= 0.6 is 23.5 Å². The van der Waals surface area contributed by atoms with Crippen LogP contribution in [-0.2, 0) is 19.1 Å². The van der Waals surface area contributed by atoms with Gasteiger partial charge in [0.05, 0.1) is 5.75 Å². The van der Waals surface area contributed by atoms with Crippen LogP contribution in [-0.4, -0.2) is 59.1 Å². The zero-order valence-corrected chi connectivity index (χ0v) is 16.6. The number of thioether (sulfide) groups is 2. The molecule has 0 unspecified atom stereocenters. The zero-order chi connectivity index (χ0) is 19.8. The molecule has 1 saturated heterocycles. The molecule has 27 heavy (non-hydrogen) atoms. The van der Waals surface area contributed by atoms with E-state index < -0.39 is 18.0 Å². The Morgan fingerprint density at radius 3 is 2.63 bits per heavy atom. The van der Waals surface area contributed by atoms with Crippen LogP contribution in [0.5, 0.6) is 0 Å². The Balaban J connectivity index is 1.74. The number of hydrogen-bond acceptors (Lipinski definition) is 7. The minimum Gasteiger partial charge on any atom is -0.449 e. The lowest BCUT2D eigenvalue weighted by atomic mass is 10.2. The number of rotatable bonds is 8. The fourth-order valence-corrected chi connectivity index (χ4v) is 3.34. The van der Waals surface area contributed by atoms with Gasteiger partial charge in [0, 0.05) is 24.1 Å². The number of esters is 1. The summed E-state index contributed by atoms with van der Waals surface area (Å²) >= 11 is 2.57. The average molecular weight is 409 g/mol. The molecule has 1 aromatic rings. The normalized spacial score (nSPS) is 15.3. The van der Waals surface area contributed by atoms with E-state index in [-0.39, 0.29) is 30.0 Å². The Bertz CT molecular complexity index is 733. The minimum atomic E-state index is -0.986. The first-order chi connectivity index (χ1) is 12.9. The van der Waals surface area contributed by atoms with Gasteiger partial charge in [0.15, 0.2) is 6.10 Å². The summed E-state index contributed by atoms with van der Waals surface area (Å²) in [4.78, 5) is 48.9. The molecule has 0 aliphatic carbocycles. The molecule has 9 heteroatoms. The molecule has 0 radical (unpaired) electrons. The number of nitrogens with zero attached hydrogens (tertiary/aromatic N) is 1. The monoisotopic (exact) mass is 408 g/mol. The molecule has 7 nitrogen and oxygen atoms in total. The molecule has 0 aromatic heterocycles. The van der Waals surface area contributed by atoms with Gasteiger partial charge >= 0.3 is 5.97 Å². The first kappa shape index (κ1) is 21.0. The smallest absolute Gasteiger partial charge is 0.331 e. The number of nitrogens with one attached hydrogen (secondary N) is 1. The van der Waals surface area contributed by atoms with Crippen molar-refractivity contribution in [2.45, 2.75) is 17.9 Å². The van der Waals surface area contributed by atoms with Crippen molar-refractivity contribution in [1.82, 2.24) is 10.2 Å². The molecule has 0 spiro atoms. The van der Waals surface area contributed by atoms with E-state index in [0.717, 1.165) is 27.1 Å². The van der Waals surface area contributed by atoms with Crippen molar-refractivity contribution < 1.29 is 23.9 Å². The third-order valence-electron chi connectivity index (χ3n) is 3.67. The minimum absolute atomic E-state index is 0.100. The van der Waals surface area contributed by atoms with E-state index in [1.807, 2.05) is 30.5 Å². The topological polar surface area (TPSA) is 92.8 Å². The second-order valence-electron chi connectivity index (χ2n) is 5.58. The van der Waals surface area contributed by atoms with Gasteiger partial charge in [0.1, 0.15) is 0 Å².